The van der Waals surface area contributed by atoms with Crippen LogP contribution in [0.5, 0.6) is 0 Å². The third kappa shape index (κ3) is 6.40. The van der Waals surface area contributed by atoms with E-state index in [4.69, 9.17) is 5.11 Å². The van der Waals surface area contributed by atoms with Crippen LogP contribution < -0.4 is 10.6 Å². The first kappa shape index (κ1) is 13.3. The van der Waals surface area contributed by atoms with E-state index in [0.29, 0.717) is 6.54 Å². The van der Waals surface area contributed by atoms with Crippen LogP contribution in [0.1, 0.15) is 19.3 Å². The SMILES string of the molecule is O=C(O)NCCCCCNc1ccc(F)cc1. The zero-order valence-corrected chi connectivity index (χ0v) is 9.58. The highest BCUT2D eigenvalue weighted by molar-refractivity contribution is 5.64. The zero-order chi connectivity index (χ0) is 12.5. The Morgan fingerprint density at radius 2 is 1.76 bits per heavy atom. The number of nitrogens with one attached hydrogen (secondary N) is 2. The summed E-state index contributed by atoms with van der Waals surface area (Å²) in [4.78, 5) is 10.1. The van der Waals surface area contributed by atoms with Crippen LogP contribution in [-0.4, -0.2) is 24.3 Å². The van der Waals surface area contributed by atoms with Crippen LogP contribution in [0.15, 0.2) is 24.3 Å². The van der Waals surface area contributed by atoms with E-state index in [2.05, 4.69) is 10.6 Å². The number of benzene rings is 1. The van der Waals surface area contributed by atoms with Gasteiger partial charge in [-0.3, -0.25) is 0 Å². The smallest absolute Gasteiger partial charge is 0.404 e. The second-order valence-electron chi connectivity index (χ2n) is 3.73. The second kappa shape index (κ2) is 7.49. The zero-order valence-electron chi connectivity index (χ0n) is 9.58. The molecule has 0 bridgehead atoms. The predicted octanol–water partition coefficient (Wildman–Crippen LogP) is 2.68. The van der Waals surface area contributed by atoms with Crippen LogP contribution in [0.4, 0.5) is 14.9 Å². The third-order valence-electron chi connectivity index (χ3n) is 2.30. The number of hydrogen-bond acceptors (Lipinski definition) is 2. The average molecular weight is 240 g/mol. The van der Waals surface area contributed by atoms with E-state index in [1.165, 1.54) is 12.1 Å². The molecule has 0 radical (unpaired) electrons. The molecule has 0 atom stereocenters. The van der Waals surface area contributed by atoms with Gasteiger partial charge in [-0.2, -0.15) is 0 Å². The van der Waals surface area contributed by atoms with Crippen molar-refractivity contribution in [3.8, 4) is 0 Å². The molecule has 4 nitrogen and oxygen atoms in total. The van der Waals surface area contributed by atoms with Gasteiger partial charge in [-0.15, -0.1) is 0 Å². The van der Waals surface area contributed by atoms with Crippen molar-refractivity contribution in [2.45, 2.75) is 19.3 Å². The van der Waals surface area contributed by atoms with Gasteiger partial charge in [0.1, 0.15) is 5.82 Å². The number of unbranched alkanes of at least 4 members (excludes halogenated alkanes) is 2. The molecule has 1 rings (SSSR count). The molecule has 17 heavy (non-hydrogen) atoms. The van der Waals surface area contributed by atoms with Gasteiger partial charge in [0.15, 0.2) is 0 Å². The van der Waals surface area contributed by atoms with Gasteiger partial charge in [0.25, 0.3) is 0 Å². The summed E-state index contributed by atoms with van der Waals surface area (Å²) in [6.07, 6.45) is 1.76. The van der Waals surface area contributed by atoms with E-state index >= 15 is 0 Å². The highest BCUT2D eigenvalue weighted by atomic mass is 19.1. The normalized spacial score (nSPS) is 9.94. The summed E-state index contributed by atoms with van der Waals surface area (Å²) < 4.78 is 12.6. The maximum Gasteiger partial charge on any atom is 0.404 e. The molecule has 1 aromatic rings. The Balaban J connectivity index is 2.01. The van der Waals surface area contributed by atoms with Crippen molar-refractivity contribution >= 4 is 11.8 Å². The van der Waals surface area contributed by atoms with Gasteiger partial charge in [0.2, 0.25) is 0 Å². The molecule has 0 saturated carbocycles. The topological polar surface area (TPSA) is 61.4 Å². The van der Waals surface area contributed by atoms with E-state index in [1.54, 1.807) is 12.1 Å². The summed E-state index contributed by atoms with van der Waals surface area (Å²) in [6.45, 7) is 1.30. The van der Waals surface area contributed by atoms with E-state index in [9.17, 15) is 9.18 Å². The first-order chi connectivity index (χ1) is 8.18. The van der Waals surface area contributed by atoms with Gasteiger partial charge in [-0.05, 0) is 43.5 Å². The summed E-state index contributed by atoms with van der Waals surface area (Å²) in [5.74, 6) is -0.240. The molecule has 0 saturated heterocycles. The lowest BCUT2D eigenvalue weighted by Crippen LogP contribution is -2.21. The molecule has 0 fully saturated rings. The van der Waals surface area contributed by atoms with Crippen LogP contribution >= 0.6 is 0 Å². The van der Waals surface area contributed by atoms with Crippen molar-refractivity contribution in [3.63, 3.8) is 0 Å². The van der Waals surface area contributed by atoms with Gasteiger partial charge in [-0.25, -0.2) is 9.18 Å². The lowest BCUT2D eigenvalue weighted by molar-refractivity contribution is 0.194. The number of carbonyl (C=O) groups is 1. The standard InChI is InChI=1S/C12H17FN2O2/c13-10-4-6-11(7-5-10)14-8-2-1-3-9-15-12(16)17/h4-7,14-15H,1-3,8-9H2,(H,16,17). The molecule has 0 spiro atoms. The third-order valence-corrected chi connectivity index (χ3v) is 2.30. The van der Waals surface area contributed by atoms with Crippen LogP contribution in [0, 0.1) is 5.82 Å². The Kier molecular flexibility index (Phi) is 5.85. The number of amides is 1. The van der Waals surface area contributed by atoms with Gasteiger partial charge in [-0.1, -0.05) is 0 Å². The number of halogens is 1. The quantitative estimate of drug-likeness (QED) is 0.642. The first-order valence-electron chi connectivity index (χ1n) is 5.65. The van der Waals surface area contributed by atoms with Crippen molar-refractivity contribution in [2.24, 2.45) is 0 Å². The Morgan fingerprint density at radius 1 is 1.12 bits per heavy atom. The molecule has 0 aromatic heterocycles. The average Bonchev–Trinajstić information content (AvgIpc) is 2.30. The minimum atomic E-state index is -0.977. The van der Waals surface area contributed by atoms with Crippen LogP contribution in [0.3, 0.4) is 0 Å². The van der Waals surface area contributed by atoms with Crippen molar-refractivity contribution in [2.75, 3.05) is 18.4 Å². The van der Waals surface area contributed by atoms with Crippen molar-refractivity contribution in [3.05, 3.63) is 30.1 Å². The van der Waals surface area contributed by atoms with E-state index in [1.807, 2.05) is 0 Å². The summed E-state index contributed by atoms with van der Waals surface area (Å²) in [5, 5.41) is 13.8. The Hall–Kier alpha value is -1.78. The molecule has 1 aromatic carbocycles. The lowest BCUT2D eigenvalue weighted by atomic mass is 10.2. The molecule has 1 amide bonds. The van der Waals surface area contributed by atoms with Crippen molar-refractivity contribution < 1.29 is 14.3 Å². The number of carboxylic acid groups (broad SMARTS) is 1. The predicted molar refractivity (Wildman–Crippen MR) is 64.8 cm³/mol. The summed E-state index contributed by atoms with van der Waals surface area (Å²) >= 11 is 0. The molecule has 3 N–H and O–H groups in total. The van der Waals surface area contributed by atoms with Gasteiger partial charge in [0, 0.05) is 18.8 Å². The van der Waals surface area contributed by atoms with Crippen LogP contribution in [-0.2, 0) is 0 Å². The molecular weight excluding hydrogens is 223 g/mol. The molecule has 94 valence electrons. The summed E-state index contributed by atoms with van der Waals surface area (Å²) in [7, 11) is 0. The number of anilines is 1. The molecule has 0 heterocycles. The molecule has 0 aliphatic rings. The Morgan fingerprint density at radius 3 is 2.41 bits per heavy atom. The molecule has 0 unspecified atom stereocenters. The van der Waals surface area contributed by atoms with Gasteiger partial charge in [0.05, 0.1) is 0 Å². The summed E-state index contributed by atoms with van der Waals surface area (Å²) in [6, 6.07) is 6.22. The second-order valence-corrected chi connectivity index (χ2v) is 3.73. The fraction of sp³-hybridized carbons (Fsp3) is 0.417. The first-order valence-corrected chi connectivity index (χ1v) is 5.65. The van der Waals surface area contributed by atoms with E-state index < -0.39 is 6.09 Å². The highest BCUT2D eigenvalue weighted by Crippen LogP contribution is 2.08. The molecule has 0 aliphatic heterocycles. The van der Waals surface area contributed by atoms with E-state index in [-0.39, 0.29) is 5.82 Å². The van der Waals surface area contributed by atoms with Gasteiger partial charge < -0.3 is 15.7 Å². The van der Waals surface area contributed by atoms with Gasteiger partial charge >= 0.3 is 6.09 Å². The van der Waals surface area contributed by atoms with Crippen molar-refractivity contribution in [1.82, 2.24) is 5.32 Å². The maximum atomic E-state index is 12.6. The summed E-state index contributed by atoms with van der Waals surface area (Å²) in [5.41, 5.74) is 0.898. The van der Waals surface area contributed by atoms with E-state index in [0.717, 1.165) is 31.5 Å². The Labute approximate surface area is 99.8 Å². The minimum absolute atomic E-state index is 0.240. The van der Waals surface area contributed by atoms with Crippen LogP contribution in [0.2, 0.25) is 0 Å². The Bertz CT molecular complexity index is 341. The minimum Gasteiger partial charge on any atom is -0.465 e. The molecule has 0 aliphatic carbocycles. The fourth-order valence-electron chi connectivity index (χ4n) is 1.42. The molecule has 5 heteroatoms. The van der Waals surface area contributed by atoms with Crippen molar-refractivity contribution in [1.29, 1.82) is 0 Å². The lowest BCUT2D eigenvalue weighted by Gasteiger charge is -2.06. The number of rotatable bonds is 7. The maximum absolute atomic E-state index is 12.6. The highest BCUT2D eigenvalue weighted by Gasteiger charge is 1.95. The largest absolute Gasteiger partial charge is 0.465 e. The number of hydrogen-bond donors (Lipinski definition) is 3. The molecular formula is C12H17FN2O2. The van der Waals surface area contributed by atoms with Crippen LogP contribution in [0.25, 0.3) is 0 Å². The fourth-order valence-corrected chi connectivity index (χ4v) is 1.42. The monoisotopic (exact) mass is 240 g/mol.